The number of benzene rings is 1. The van der Waals surface area contributed by atoms with Gasteiger partial charge in [0.1, 0.15) is 5.82 Å². The van der Waals surface area contributed by atoms with Crippen LogP contribution in [-0.4, -0.2) is 6.54 Å². The summed E-state index contributed by atoms with van der Waals surface area (Å²) in [5.41, 5.74) is 2.09. The number of hydrogen-bond donors (Lipinski definition) is 1. The van der Waals surface area contributed by atoms with Crippen molar-refractivity contribution in [3.05, 3.63) is 46.3 Å². The molecule has 1 N–H and O–H groups in total. The minimum atomic E-state index is -0.231. The molecular weight excluding hydrogens is 237 g/mol. The van der Waals surface area contributed by atoms with Crippen LogP contribution in [0.4, 0.5) is 4.39 Å². The van der Waals surface area contributed by atoms with Crippen molar-refractivity contribution in [1.29, 1.82) is 0 Å². The maximum atomic E-state index is 13.4. The van der Waals surface area contributed by atoms with E-state index in [9.17, 15) is 4.39 Å². The van der Waals surface area contributed by atoms with E-state index in [0.717, 1.165) is 13.0 Å². The minimum Gasteiger partial charge on any atom is -0.312 e. The summed E-state index contributed by atoms with van der Waals surface area (Å²) in [6, 6.07) is 4.80. The normalized spacial score (nSPS) is 15.1. The summed E-state index contributed by atoms with van der Waals surface area (Å²) in [5.74, 6) is -0.231. The summed E-state index contributed by atoms with van der Waals surface area (Å²) in [7, 11) is 0. The highest BCUT2D eigenvalue weighted by atomic mass is 35.5. The predicted octanol–water partition coefficient (Wildman–Crippen LogP) is 4.07. The zero-order chi connectivity index (χ0) is 12.1. The maximum absolute atomic E-state index is 13.4. The van der Waals surface area contributed by atoms with Crippen molar-refractivity contribution in [2.75, 3.05) is 6.54 Å². The van der Waals surface area contributed by atoms with E-state index in [-0.39, 0.29) is 5.82 Å². The Labute approximate surface area is 107 Å². The van der Waals surface area contributed by atoms with Gasteiger partial charge in [0.05, 0.1) is 0 Å². The lowest BCUT2D eigenvalue weighted by molar-refractivity contribution is 0.587. The fourth-order valence-corrected chi connectivity index (χ4v) is 2.36. The third-order valence-corrected chi connectivity index (χ3v) is 3.48. The highest BCUT2D eigenvalue weighted by Crippen LogP contribution is 2.21. The number of halogens is 2. The maximum Gasteiger partial charge on any atom is 0.129 e. The highest BCUT2D eigenvalue weighted by molar-refractivity contribution is 6.31. The van der Waals surface area contributed by atoms with Crippen LogP contribution in [0.3, 0.4) is 0 Å². The molecule has 0 amide bonds. The molecule has 1 aliphatic rings. The van der Waals surface area contributed by atoms with Gasteiger partial charge in [0.2, 0.25) is 0 Å². The van der Waals surface area contributed by atoms with Gasteiger partial charge in [-0.15, -0.1) is 0 Å². The van der Waals surface area contributed by atoms with Crippen molar-refractivity contribution in [1.82, 2.24) is 5.32 Å². The van der Waals surface area contributed by atoms with E-state index >= 15 is 0 Å². The second-order valence-electron chi connectivity index (χ2n) is 4.38. The first-order valence-corrected chi connectivity index (χ1v) is 6.46. The van der Waals surface area contributed by atoms with E-state index in [1.54, 1.807) is 12.1 Å². The summed E-state index contributed by atoms with van der Waals surface area (Å²) in [6.45, 7) is 1.38. The quantitative estimate of drug-likeness (QED) is 0.616. The second-order valence-corrected chi connectivity index (χ2v) is 4.79. The Balaban J connectivity index is 1.78. The average molecular weight is 254 g/mol. The Morgan fingerprint density at radius 1 is 1.35 bits per heavy atom. The van der Waals surface area contributed by atoms with Crippen LogP contribution < -0.4 is 5.32 Å². The molecule has 0 aromatic heterocycles. The number of hydrogen-bond acceptors (Lipinski definition) is 1. The first-order chi connectivity index (χ1) is 8.27. The van der Waals surface area contributed by atoms with Crippen LogP contribution in [0.25, 0.3) is 0 Å². The Hall–Kier alpha value is -0.860. The van der Waals surface area contributed by atoms with Gasteiger partial charge in [-0.3, -0.25) is 0 Å². The molecule has 1 aliphatic carbocycles. The van der Waals surface area contributed by atoms with Crippen LogP contribution in [0.2, 0.25) is 5.02 Å². The van der Waals surface area contributed by atoms with Crippen LogP contribution in [0.1, 0.15) is 31.2 Å². The Bertz CT molecular complexity index is 394. The summed E-state index contributed by atoms with van der Waals surface area (Å²) in [6.07, 6.45) is 7.11. The molecule has 2 rings (SSSR count). The van der Waals surface area contributed by atoms with Crippen molar-refractivity contribution in [3.8, 4) is 0 Å². The molecule has 3 heteroatoms. The molecule has 0 aliphatic heterocycles. The van der Waals surface area contributed by atoms with Gasteiger partial charge in [0.25, 0.3) is 0 Å². The van der Waals surface area contributed by atoms with Crippen LogP contribution in [0.15, 0.2) is 29.8 Å². The molecule has 1 nitrogen and oxygen atoms in total. The Kier molecular flexibility index (Phi) is 4.57. The largest absolute Gasteiger partial charge is 0.312 e. The van der Waals surface area contributed by atoms with Crippen LogP contribution in [0.5, 0.6) is 0 Å². The molecule has 0 heterocycles. The van der Waals surface area contributed by atoms with Crippen molar-refractivity contribution in [2.45, 2.75) is 32.2 Å². The topological polar surface area (TPSA) is 12.0 Å². The van der Waals surface area contributed by atoms with Gasteiger partial charge in [-0.1, -0.05) is 29.3 Å². The summed E-state index contributed by atoms with van der Waals surface area (Å²) >= 11 is 5.94. The molecule has 0 bridgehead atoms. The molecule has 1 aromatic rings. The summed E-state index contributed by atoms with van der Waals surface area (Å²) in [5, 5.41) is 3.74. The summed E-state index contributed by atoms with van der Waals surface area (Å²) in [4.78, 5) is 0. The van der Waals surface area contributed by atoms with E-state index in [4.69, 9.17) is 11.6 Å². The molecule has 0 fully saturated rings. The van der Waals surface area contributed by atoms with Gasteiger partial charge in [-0.2, -0.15) is 0 Å². The molecule has 0 atom stereocenters. The predicted molar refractivity (Wildman–Crippen MR) is 69.7 cm³/mol. The van der Waals surface area contributed by atoms with Crippen LogP contribution in [-0.2, 0) is 6.54 Å². The first kappa shape index (κ1) is 12.6. The Morgan fingerprint density at radius 3 is 2.94 bits per heavy atom. The molecule has 92 valence electrons. The third kappa shape index (κ3) is 3.55. The molecule has 0 radical (unpaired) electrons. The highest BCUT2D eigenvalue weighted by Gasteiger charge is 2.07. The van der Waals surface area contributed by atoms with E-state index in [0.29, 0.717) is 17.1 Å². The average Bonchev–Trinajstić information content (AvgIpc) is 2.80. The van der Waals surface area contributed by atoms with Crippen molar-refractivity contribution in [2.24, 2.45) is 0 Å². The molecule has 0 spiro atoms. The van der Waals surface area contributed by atoms with Crippen molar-refractivity contribution < 1.29 is 4.39 Å². The van der Waals surface area contributed by atoms with Gasteiger partial charge < -0.3 is 5.32 Å². The van der Waals surface area contributed by atoms with Gasteiger partial charge in [-0.25, -0.2) is 4.39 Å². The molecular formula is C14H17ClFN. The van der Waals surface area contributed by atoms with E-state index in [1.807, 2.05) is 0 Å². The zero-order valence-electron chi connectivity index (χ0n) is 9.81. The second kappa shape index (κ2) is 6.18. The van der Waals surface area contributed by atoms with Gasteiger partial charge >= 0.3 is 0 Å². The van der Waals surface area contributed by atoms with Crippen LogP contribution >= 0.6 is 11.6 Å². The van der Waals surface area contributed by atoms with Crippen molar-refractivity contribution in [3.63, 3.8) is 0 Å². The third-order valence-electron chi connectivity index (χ3n) is 3.12. The number of allylic oxidation sites excluding steroid dienone is 1. The standard InChI is InChI=1S/C14H17ClFN/c15-13-6-3-7-14(16)12(13)10-17-9-8-11-4-1-2-5-11/h3-4,6-7,17H,1-2,5,8-10H2. The molecule has 0 saturated heterocycles. The Morgan fingerprint density at radius 2 is 2.24 bits per heavy atom. The van der Waals surface area contributed by atoms with E-state index < -0.39 is 0 Å². The SMILES string of the molecule is Fc1cccc(Cl)c1CNCCC1=CCCC1. The van der Waals surface area contributed by atoms with Gasteiger partial charge in [-0.05, 0) is 44.4 Å². The van der Waals surface area contributed by atoms with Crippen LogP contribution in [0, 0.1) is 5.82 Å². The van der Waals surface area contributed by atoms with Gasteiger partial charge in [0.15, 0.2) is 0 Å². The van der Waals surface area contributed by atoms with Gasteiger partial charge in [0, 0.05) is 17.1 Å². The van der Waals surface area contributed by atoms with Crippen molar-refractivity contribution >= 4 is 11.6 Å². The number of nitrogens with one attached hydrogen (secondary N) is 1. The fourth-order valence-electron chi connectivity index (χ4n) is 2.13. The van der Waals surface area contributed by atoms with E-state index in [1.165, 1.54) is 30.9 Å². The molecule has 17 heavy (non-hydrogen) atoms. The number of rotatable bonds is 5. The lowest BCUT2D eigenvalue weighted by atomic mass is 10.1. The monoisotopic (exact) mass is 253 g/mol. The van der Waals surface area contributed by atoms with E-state index in [2.05, 4.69) is 11.4 Å². The molecule has 0 saturated carbocycles. The lowest BCUT2D eigenvalue weighted by Crippen LogP contribution is -2.16. The minimum absolute atomic E-state index is 0.231. The lowest BCUT2D eigenvalue weighted by Gasteiger charge is -2.08. The first-order valence-electron chi connectivity index (χ1n) is 6.09. The summed E-state index contributed by atoms with van der Waals surface area (Å²) < 4.78 is 13.4. The fraction of sp³-hybridized carbons (Fsp3) is 0.429. The molecule has 0 unspecified atom stereocenters. The molecule has 1 aromatic carbocycles. The smallest absolute Gasteiger partial charge is 0.129 e. The zero-order valence-corrected chi connectivity index (χ0v) is 10.6.